The van der Waals surface area contributed by atoms with Crippen molar-refractivity contribution in [3.05, 3.63) is 27.7 Å². The first kappa shape index (κ1) is 15.0. The zero-order valence-corrected chi connectivity index (χ0v) is 13.9. The first-order valence-corrected chi connectivity index (χ1v) is 8.12. The van der Waals surface area contributed by atoms with Gasteiger partial charge in [-0.15, -0.1) is 0 Å². The molecule has 1 saturated heterocycles. The van der Waals surface area contributed by atoms with Crippen molar-refractivity contribution >= 4 is 50.9 Å². The second kappa shape index (κ2) is 5.94. The number of thioether (sulfide) groups is 1. The minimum absolute atomic E-state index is 0.213. The predicted molar refractivity (Wildman–Crippen MR) is 84.1 cm³/mol. The molecule has 1 aromatic rings. The number of esters is 1. The SMILES string of the molecule is COC(=O)C1(Nc2ccc(Cl)c(Br)c2)CSC(C)C1. The van der Waals surface area contributed by atoms with Crippen LogP contribution in [0.15, 0.2) is 22.7 Å². The number of hydrogen-bond donors (Lipinski definition) is 1. The van der Waals surface area contributed by atoms with Crippen molar-refractivity contribution in [1.29, 1.82) is 0 Å². The third kappa shape index (κ3) is 3.20. The summed E-state index contributed by atoms with van der Waals surface area (Å²) in [5.41, 5.74) is 0.211. The molecule has 0 bridgehead atoms. The topological polar surface area (TPSA) is 38.3 Å². The molecule has 2 rings (SSSR count). The van der Waals surface area contributed by atoms with E-state index in [2.05, 4.69) is 28.2 Å². The van der Waals surface area contributed by atoms with Crippen LogP contribution in [0.25, 0.3) is 0 Å². The Kier molecular flexibility index (Phi) is 4.69. The quantitative estimate of drug-likeness (QED) is 0.824. The number of carbonyl (C=O) groups excluding carboxylic acids is 1. The van der Waals surface area contributed by atoms with Gasteiger partial charge in [0.1, 0.15) is 5.54 Å². The van der Waals surface area contributed by atoms with Crippen molar-refractivity contribution in [3.8, 4) is 0 Å². The number of benzene rings is 1. The fourth-order valence-electron chi connectivity index (χ4n) is 2.22. The molecule has 0 saturated carbocycles. The number of methoxy groups -OCH3 is 1. The lowest BCUT2D eigenvalue weighted by Gasteiger charge is -2.28. The maximum absolute atomic E-state index is 12.1. The molecule has 104 valence electrons. The largest absolute Gasteiger partial charge is 0.467 e. The molecule has 0 radical (unpaired) electrons. The monoisotopic (exact) mass is 363 g/mol. The van der Waals surface area contributed by atoms with Gasteiger partial charge in [-0.3, -0.25) is 0 Å². The fourth-order valence-corrected chi connectivity index (χ4v) is 3.99. The van der Waals surface area contributed by atoms with Gasteiger partial charge in [0.15, 0.2) is 0 Å². The molecule has 1 aliphatic heterocycles. The third-order valence-electron chi connectivity index (χ3n) is 3.13. The van der Waals surface area contributed by atoms with Gasteiger partial charge in [0, 0.05) is 21.2 Å². The van der Waals surface area contributed by atoms with Gasteiger partial charge >= 0.3 is 5.97 Å². The summed E-state index contributed by atoms with van der Waals surface area (Å²) < 4.78 is 5.76. The first-order valence-electron chi connectivity index (χ1n) is 5.90. The van der Waals surface area contributed by atoms with Crippen molar-refractivity contribution < 1.29 is 9.53 Å². The maximum atomic E-state index is 12.1. The number of anilines is 1. The smallest absolute Gasteiger partial charge is 0.332 e. The van der Waals surface area contributed by atoms with Crippen molar-refractivity contribution in [3.63, 3.8) is 0 Å². The molecule has 0 amide bonds. The summed E-state index contributed by atoms with van der Waals surface area (Å²) in [4.78, 5) is 12.1. The van der Waals surface area contributed by atoms with E-state index in [0.29, 0.717) is 16.0 Å². The summed E-state index contributed by atoms with van der Waals surface area (Å²) in [6.45, 7) is 2.12. The van der Waals surface area contributed by atoms with E-state index in [-0.39, 0.29) is 5.97 Å². The number of nitrogens with one attached hydrogen (secondary N) is 1. The van der Waals surface area contributed by atoms with Crippen LogP contribution in [0.3, 0.4) is 0 Å². The van der Waals surface area contributed by atoms with Gasteiger partial charge in [-0.25, -0.2) is 4.79 Å². The van der Waals surface area contributed by atoms with Crippen LogP contribution in [0.4, 0.5) is 5.69 Å². The molecule has 1 aliphatic rings. The molecule has 3 nitrogen and oxygen atoms in total. The molecule has 0 aromatic heterocycles. The molecule has 0 spiro atoms. The summed E-state index contributed by atoms with van der Waals surface area (Å²) >= 11 is 11.1. The second-order valence-electron chi connectivity index (χ2n) is 4.65. The summed E-state index contributed by atoms with van der Waals surface area (Å²) in [6.07, 6.45) is 0.755. The predicted octanol–water partition coefficient (Wildman–Crippen LogP) is 3.95. The molecule has 19 heavy (non-hydrogen) atoms. The van der Waals surface area contributed by atoms with E-state index in [1.165, 1.54) is 7.11 Å². The number of hydrogen-bond acceptors (Lipinski definition) is 4. The van der Waals surface area contributed by atoms with E-state index in [1.807, 2.05) is 12.1 Å². The Morgan fingerprint density at radius 2 is 2.37 bits per heavy atom. The summed E-state index contributed by atoms with van der Waals surface area (Å²) in [6, 6.07) is 5.54. The van der Waals surface area contributed by atoms with Crippen LogP contribution in [-0.4, -0.2) is 29.6 Å². The van der Waals surface area contributed by atoms with Crippen LogP contribution in [0.5, 0.6) is 0 Å². The molecule has 2 unspecified atom stereocenters. The molecule has 0 aliphatic carbocycles. The Morgan fingerprint density at radius 1 is 1.63 bits per heavy atom. The molecule has 1 fully saturated rings. The van der Waals surface area contributed by atoms with E-state index in [4.69, 9.17) is 16.3 Å². The van der Waals surface area contributed by atoms with E-state index in [1.54, 1.807) is 17.8 Å². The van der Waals surface area contributed by atoms with E-state index >= 15 is 0 Å². The Balaban J connectivity index is 2.26. The molecule has 1 heterocycles. The Labute approximate surface area is 130 Å². The van der Waals surface area contributed by atoms with E-state index in [0.717, 1.165) is 16.6 Å². The minimum atomic E-state index is -0.647. The average molecular weight is 365 g/mol. The summed E-state index contributed by atoms with van der Waals surface area (Å²) in [5, 5.41) is 4.40. The second-order valence-corrected chi connectivity index (χ2v) is 7.34. The van der Waals surface area contributed by atoms with Crippen molar-refractivity contribution in [2.75, 3.05) is 18.2 Å². The van der Waals surface area contributed by atoms with E-state index < -0.39 is 5.54 Å². The van der Waals surface area contributed by atoms with E-state index in [9.17, 15) is 4.79 Å². The summed E-state index contributed by atoms with van der Waals surface area (Å²) in [5.74, 6) is 0.497. The molecule has 1 N–H and O–H groups in total. The highest BCUT2D eigenvalue weighted by Crippen LogP contribution is 2.38. The van der Waals surface area contributed by atoms with Gasteiger partial charge in [-0.1, -0.05) is 18.5 Å². The first-order chi connectivity index (χ1) is 8.97. The zero-order chi connectivity index (χ0) is 14.0. The highest BCUT2D eigenvalue weighted by atomic mass is 79.9. The van der Waals surface area contributed by atoms with Crippen molar-refractivity contribution in [2.24, 2.45) is 0 Å². The highest BCUT2D eigenvalue weighted by molar-refractivity contribution is 9.10. The zero-order valence-electron chi connectivity index (χ0n) is 10.7. The molecular formula is C13H15BrClNO2S. The fraction of sp³-hybridized carbons (Fsp3) is 0.462. The molecule has 6 heteroatoms. The highest BCUT2D eigenvalue weighted by Gasteiger charge is 2.45. The molecule has 1 aromatic carbocycles. The van der Waals surface area contributed by atoms with Gasteiger partial charge in [0.2, 0.25) is 0 Å². The average Bonchev–Trinajstić information content (AvgIpc) is 2.75. The van der Waals surface area contributed by atoms with Crippen LogP contribution in [-0.2, 0) is 9.53 Å². The number of carbonyl (C=O) groups is 1. The van der Waals surface area contributed by atoms with Crippen molar-refractivity contribution in [2.45, 2.75) is 24.1 Å². The lowest BCUT2D eigenvalue weighted by Crippen LogP contribution is -2.47. The van der Waals surface area contributed by atoms with Crippen LogP contribution in [0.1, 0.15) is 13.3 Å². The van der Waals surface area contributed by atoms with Gasteiger partial charge in [-0.2, -0.15) is 11.8 Å². The lowest BCUT2D eigenvalue weighted by atomic mass is 9.96. The number of ether oxygens (including phenoxy) is 1. The standard InChI is InChI=1S/C13H15BrClNO2S/c1-8-6-13(7-19-8,12(17)18-2)16-9-3-4-11(15)10(14)5-9/h3-5,8,16H,6-7H2,1-2H3. The lowest BCUT2D eigenvalue weighted by molar-refractivity contribution is -0.145. The van der Waals surface area contributed by atoms with Crippen molar-refractivity contribution in [1.82, 2.24) is 0 Å². The maximum Gasteiger partial charge on any atom is 0.332 e. The van der Waals surface area contributed by atoms with Crippen LogP contribution >= 0.6 is 39.3 Å². The van der Waals surface area contributed by atoms with Crippen LogP contribution < -0.4 is 5.32 Å². The summed E-state index contributed by atoms with van der Waals surface area (Å²) in [7, 11) is 1.43. The molecule has 2 atom stereocenters. The van der Waals surface area contributed by atoms with Gasteiger partial charge in [0.25, 0.3) is 0 Å². The van der Waals surface area contributed by atoms with Crippen LogP contribution in [0, 0.1) is 0 Å². The van der Waals surface area contributed by atoms with Gasteiger partial charge < -0.3 is 10.1 Å². The van der Waals surface area contributed by atoms with Gasteiger partial charge in [0.05, 0.1) is 12.1 Å². The minimum Gasteiger partial charge on any atom is -0.467 e. The Bertz CT molecular complexity index is 500. The Hall–Kier alpha value is -0.390. The number of halogens is 2. The van der Waals surface area contributed by atoms with Crippen LogP contribution in [0.2, 0.25) is 5.02 Å². The number of rotatable bonds is 3. The molecular weight excluding hydrogens is 350 g/mol. The third-order valence-corrected chi connectivity index (χ3v) is 5.74. The normalized spacial score (nSPS) is 26.2. The Morgan fingerprint density at radius 3 is 2.89 bits per heavy atom. The van der Waals surface area contributed by atoms with Gasteiger partial charge in [-0.05, 0) is 40.5 Å².